The second kappa shape index (κ2) is 10.3. The van der Waals surface area contributed by atoms with Gasteiger partial charge in [-0.25, -0.2) is 4.39 Å². The van der Waals surface area contributed by atoms with E-state index < -0.39 is 6.04 Å². The van der Waals surface area contributed by atoms with Gasteiger partial charge in [-0.1, -0.05) is 42.5 Å². The number of nitrogens with zero attached hydrogens (tertiary/aromatic N) is 2. The van der Waals surface area contributed by atoms with Gasteiger partial charge in [0.15, 0.2) is 5.76 Å². The van der Waals surface area contributed by atoms with Crippen LogP contribution in [0.1, 0.15) is 59.2 Å². The van der Waals surface area contributed by atoms with E-state index in [1.165, 1.54) is 17.7 Å². The van der Waals surface area contributed by atoms with Crippen molar-refractivity contribution in [2.75, 3.05) is 19.6 Å². The van der Waals surface area contributed by atoms with Crippen LogP contribution in [0.2, 0.25) is 0 Å². The lowest BCUT2D eigenvalue weighted by Gasteiger charge is -2.27. The zero-order valence-electron chi connectivity index (χ0n) is 20.5. The lowest BCUT2D eigenvalue weighted by atomic mass is 9.96. The zero-order valence-corrected chi connectivity index (χ0v) is 20.5. The normalized spacial score (nSPS) is 22.7. The van der Waals surface area contributed by atoms with Crippen molar-refractivity contribution in [3.8, 4) is 0 Å². The third-order valence-corrected chi connectivity index (χ3v) is 7.43. The number of carbonyl (C=O) groups is 2. The first-order chi connectivity index (χ1) is 17.4. The summed E-state index contributed by atoms with van der Waals surface area (Å²) in [5.41, 5.74) is 8.14. The first kappa shape index (κ1) is 24.3. The van der Waals surface area contributed by atoms with E-state index in [4.69, 9.17) is 10.2 Å². The highest BCUT2D eigenvalue weighted by Crippen LogP contribution is 2.33. The minimum atomic E-state index is -0.554. The minimum absolute atomic E-state index is 0.0117. The number of hydrogen-bond acceptors (Lipinski definition) is 4. The first-order valence-corrected chi connectivity index (χ1v) is 12.6. The van der Waals surface area contributed by atoms with Crippen LogP contribution >= 0.6 is 0 Å². The first-order valence-electron chi connectivity index (χ1n) is 12.6. The molecule has 2 saturated heterocycles. The predicted molar refractivity (Wildman–Crippen MR) is 135 cm³/mol. The Bertz CT molecular complexity index is 1210. The van der Waals surface area contributed by atoms with Gasteiger partial charge in [0, 0.05) is 25.6 Å². The zero-order chi connectivity index (χ0) is 25.2. The molecule has 2 fully saturated rings. The molecular formula is C29H32FN3O3. The summed E-state index contributed by atoms with van der Waals surface area (Å²) in [4.78, 5) is 30.8. The van der Waals surface area contributed by atoms with E-state index in [-0.39, 0.29) is 35.4 Å². The van der Waals surface area contributed by atoms with Crippen molar-refractivity contribution < 1.29 is 18.4 Å². The minimum Gasteiger partial charge on any atom is -0.454 e. The Balaban J connectivity index is 1.35. The third kappa shape index (κ3) is 5.07. The molecular weight excluding hydrogens is 457 g/mol. The lowest BCUT2D eigenvalue weighted by molar-refractivity contribution is -0.134. The summed E-state index contributed by atoms with van der Waals surface area (Å²) >= 11 is 0. The maximum atomic E-state index is 13.8. The van der Waals surface area contributed by atoms with Gasteiger partial charge < -0.3 is 20.0 Å². The fourth-order valence-corrected chi connectivity index (χ4v) is 5.51. The second-order valence-corrected chi connectivity index (χ2v) is 10.1. The Morgan fingerprint density at radius 2 is 1.81 bits per heavy atom. The van der Waals surface area contributed by atoms with Gasteiger partial charge in [0.2, 0.25) is 5.91 Å². The summed E-state index contributed by atoms with van der Waals surface area (Å²) in [6.45, 7) is 3.57. The largest absolute Gasteiger partial charge is 0.454 e. The molecule has 2 amide bonds. The van der Waals surface area contributed by atoms with E-state index in [2.05, 4.69) is 12.1 Å². The quantitative estimate of drug-likeness (QED) is 0.552. The van der Waals surface area contributed by atoms with Crippen molar-refractivity contribution in [3.05, 3.63) is 95.2 Å². The molecule has 3 heterocycles. The van der Waals surface area contributed by atoms with Crippen LogP contribution in [-0.2, 0) is 11.2 Å². The molecule has 2 aliphatic rings. The summed E-state index contributed by atoms with van der Waals surface area (Å²) in [6, 6.07) is 19.2. The van der Waals surface area contributed by atoms with Crippen LogP contribution in [-0.4, -0.2) is 47.3 Å². The molecule has 4 unspecified atom stereocenters. The molecule has 2 aliphatic heterocycles. The van der Waals surface area contributed by atoms with E-state index in [1.54, 1.807) is 36.1 Å². The number of amides is 2. The number of likely N-dealkylation sites (tertiary alicyclic amines) is 2. The molecule has 6 nitrogen and oxygen atoms in total. The smallest absolute Gasteiger partial charge is 0.290 e. The van der Waals surface area contributed by atoms with Crippen LogP contribution in [0.4, 0.5) is 4.39 Å². The molecule has 1 aromatic heterocycles. The van der Waals surface area contributed by atoms with Gasteiger partial charge in [-0.15, -0.1) is 0 Å². The van der Waals surface area contributed by atoms with Crippen LogP contribution < -0.4 is 5.73 Å². The van der Waals surface area contributed by atoms with Crippen molar-refractivity contribution in [3.63, 3.8) is 0 Å². The average molecular weight is 490 g/mol. The molecule has 0 aliphatic carbocycles. The molecule has 188 valence electrons. The van der Waals surface area contributed by atoms with Gasteiger partial charge in [-0.05, 0) is 67.5 Å². The van der Waals surface area contributed by atoms with Crippen LogP contribution in [0.5, 0.6) is 0 Å². The fraction of sp³-hybridized carbons (Fsp3) is 0.379. The Labute approximate surface area is 210 Å². The van der Waals surface area contributed by atoms with Crippen molar-refractivity contribution in [2.45, 2.75) is 44.2 Å². The molecule has 4 atom stereocenters. The maximum absolute atomic E-state index is 13.8. The molecule has 36 heavy (non-hydrogen) atoms. The van der Waals surface area contributed by atoms with Crippen molar-refractivity contribution in [2.24, 2.45) is 11.7 Å². The molecule has 0 spiro atoms. The van der Waals surface area contributed by atoms with Crippen LogP contribution in [0.25, 0.3) is 0 Å². The van der Waals surface area contributed by atoms with Gasteiger partial charge in [0.25, 0.3) is 5.91 Å². The van der Waals surface area contributed by atoms with Crippen LogP contribution in [0.15, 0.2) is 71.1 Å². The molecule has 0 saturated carbocycles. The number of halogens is 1. The Kier molecular flexibility index (Phi) is 6.92. The third-order valence-electron chi connectivity index (χ3n) is 7.43. The van der Waals surface area contributed by atoms with Crippen LogP contribution in [0, 0.1) is 11.7 Å². The average Bonchev–Trinajstić information content (AvgIpc) is 3.65. The maximum Gasteiger partial charge on any atom is 0.290 e. The number of nitrogens with two attached hydrogens (primary N) is 1. The molecule has 0 bridgehead atoms. The lowest BCUT2D eigenvalue weighted by Crippen LogP contribution is -2.47. The Morgan fingerprint density at radius 3 is 2.50 bits per heavy atom. The van der Waals surface area contributed by atoms with E-state index in [0.717, 1.165) is 12.0 Å². The number of carbonyl (C=O) groups excluding carboxylic acids is 2. The molecule has 2 N–H and O–H groups in total. The number of rotatable bonds is 6. The molecule has 5 rings (SSSR count). The standard InChI is InChI=1S/C29H32FN3O3/c1-19(31)26-11-12-27(36-26)29(35)33-17-21(15-20-7-9-24(30)10-8-20)16-25(33)28(34)32-14-13-23(18-32)22-5-3-2-4-6-22/h2-12,19,21,23,25H,13-18,31H2,1H3. The summed E-state index contributed by atoms with van der Waals surface area (Å²) in [5.74, 6) is 0.542. The van der Waals surface area contributed by atoms with Gasteiger partial charge in [-0.2, -0.15) is 0 Å². The SMILES string of the molecule is CC(N)c1ccc(C(=O)N2CC(Cc3ccc(F)cc3)CC2C(=O)N2CCC(c3ccccc3)C2)o1. The van der Waals surface area contributed by atoms with E-state index in [1.807, 2.05) is 23.1 Å². The van der Waals surface area contributed by atoms with Crippen molar-refractivity contribution in [1.82, 2.24) is 9.80 Å². The summed E-state index contributed by atoms with van der Waals surface area (Å²) in [6.07, 6.45) is 2.14. The topological polar surface area (TPSA) is 79.8 Å². The highest BCUT2D eigenvalue weighted by molar-refractivity contribution is 5.96. The molecule has 3 aromatic rings. The van der Waals surface area contributed by atoms with Gasteiger partial charge in [0.1, 0.15) is 17.6 Å². The molecule has 7 heteroatoms. The van der Waals surface area contributed by atoms with Gasteiger partial charge >= 0.3 is 0 Å². The number of furan rings is 1. The van der Waals surface area contributed by atoms with Gasteiger partial charge in [0.05, 0.1) is 6.04 Å². The molecule has 2 aromatic carbocycles. The van der Waals surface area contributed by atoms with Crippen molar-refractivity contribution >= 4 is 11.8 Å². The van der Waals surface area contributed by atoms with E-state index in [0.29, 0.717) is 44.2 Å². The van der Waals surface area contributed by atoms with E-state index in [9.17, 15) is 14.0 Å². The number of hydrogen-bond donors (Lipinski definition) is 1. The Morgan fingerprint density at radius 1 is 1.06 bits per heavy atom. The predicted octanol–water partition coefficient (Wildman–Crippen LogP) is 4.53. The second-order valence-electron chi connectivity index (χ2n) is 10.1. The number of benzene rings is 2. The molecule has 0 radical (unpaired) electrons. The summed E-state index contributed by atoms with van der Waals surface area (Å²) in [5, 5.41) is 0. The summed E-state index contributed by atoms with van der Waals surface area (Å²) < 4.78 is 19.1. The van der Waals surface area contributed by atoms with E-state index >= 15 is 0 Å². The van der Waals surface area contributed by atoms with Crippen molar-refractivity contribution in [1.29, 1.82) is 0 Å². The highest BCUT2D eigenvalue weighted by Gasteiger charge is 2.43. The Hall–Kier alpha value is -3.45. The summed E-state index contributed by atoms with van der Waals surface area (Å²) in [7, 11) is 0. The van der Waals surface area contributed by atoms with Gasteiger partial charge in [-0.3, -0.25) is 9.59 Å². The highest BCUT2D eigenvalue weighted by atomic mass is 19.1. The monoisotopic (exact) mass is 489 g/mol. The fourth-order valence-electron chi connectivity index (χ4n) is 5.51. The van der Waals surface area contributed by atoms with Crippen LogP contribution in [0.3, 0.4) is 0 Å².